The Morgan fingerprint density at radius 3 is 2.68 bits per heavy atom. The molecule has 34 heavy (non-hydrogen) atoms. The lowest BCUT2D eigenvalue weighted by Crippen LogP contribution is -2.12. The summed E-state index contributed by atoms with van der Waals surface area (Å²) >= 11 is 0. The number of aryl methyl sites for hydroxylation is 1. The number of carbonyl (C=O) groups excluding carboxylic acids is 2. The Kier molecular flexibility index (Phi) is 6.44. The fourth-order valence-electron chi connectivity index (χ4n) is 3.13. The van der Waals surface area contributed by atoms with Crippen LogP contribution in [0, 0.1) is 6.92 Å². The highest BCUT2D eigenvalue weighted by Gasteiger charge is 2.14. The molecule has 2 amide bonds. The Morgan fingerprint density at radius 2 is 1.94 bits per heavy atom. The zero-order valence-corrected chi connectivity index (χ0v) is 19.7. The molecule has 0 aliphatic carbocycles. The van der Waals surface area contributed by atoms with Gasteiger partial charge in [0.15, 0.2) is 5.76 Å². The monoisotopic (exact) mass is 480 g/mol. The second-order valence-corrected chi connectivity index (χ2v) is 10.8. The third-order valence-electron chi connectivity index (χ3n) is 4.67. The standard InChI is InChI=1S/C24H24N4O5S/c1-15-8-10-32-22(15)24(30)27-17-5-4-6-18(12-17)33-19-7-9-25-21(13-19)20-11-16(14-26-20)23(29)28-34(2,3)31/h4-14,26,34H,1-3H3,(H,27,30)(H,28,29,31). The van der Waals surface area contributed by atoms with E-state index in [0.717, 1.165) is 5.56 Å². The van der Waals surface area contributed by atoms with Crippen LogP contribution in [0.2, 0.25) is 0 Å². The van der Waals surface area contributed by atoms with Crippen molar-refractivity contribution < 1.29 is 23.3 Å². The predicted octanol–water partition coefficient (Wildman–Crippen LogP) is 4.97. The number of furan rings is 1. The summed E-state index contributed by atoms with van der Waals surface area (Å²) in [4.78, 5) is 31.9. The van der Waals surface area contributed by atoms with Crippen molar-refractivity contribution in [3.05, 3.63) is 84.1 Å². The Hall–Kier alpha value is -4.02. The Bertz CT molecular complexity index is 1410. The van der Waals surface area contributed by atoms with Crippen LogP contribution < -0.4 is 10.1 Å². The van der Waals surface area contributed by atoms with Crippen LogP contribution in [-0.2, 0) is 10.1 Å². The topological polar surface area (TPSA) is 130 Å². The maximum absolute atomic E-state index is 12.4. The van der Waals surface area contributed by atoms with E-state index in [2.05, 4.69) is 19.6 Å². The molecule has 4 aromatic rings. The molecule has 9 nitrogen and oxygen atoms in total. The molecule has 0 saturated carbocycles. The maximum Gasteiger partial charge on any atom is 0.291 e. The van der Waals surface area contributed by atoms with Crippen molar-refractivity contribution in [3.63, 3.8) is 0 Å². The third kappa shape index (κ3) is 5.66. The van der Waals surface area contributed by atoms with Crippen LogP contribution >= 0.6 is 0 Å². The average Bonchev–Trinajstić information content (AvgIpc) is 3.42. The van der Waals surface area contributed by atoms with Gasteiger partial charge in [0.05, 0.1) is 23.2 Å². The van der Waals surface area contributed by atoms with Crippen molar-refractivity contribution in [1.29, 1.82) is 0 Å². The van der Waals surface area contributed by atoms with Crippen LogP contribution in [0.1, 0.15) is 26.5 Å². The van der Waals surface area contributed by atoms with Gasteiger partial charge in [-0.2, -0.15) is 4.36 Å². The molecule has 0 saturated heterocycles. The van der Waals surface area contributed by atoms with Crippen molar-refractivity contribution >= 4 is 27.6 Å². The number of ether oxygens (including phenoxy) is 1. The van der Waals surface area contributed by atoms with Gasteiger partial charge in [-0.1, -0.05) is 6.07 Å². The summed E-state index contributed by atoms with van der Waals surface area (Å²) in [5.74, 6) is 0.457. The fraction of sp³-hybridized carbons (Fsp3) is 0.125. The molecule has 0 atom stereocenters. The molecule has 0 unspecified atom stereocenters. The summed E-state index contributed by atoms with van der Waals surface area (Å²) in [7, 11) is -2.58. The summed E-state index contributed by atoms with van der Waals surface area (Å²) in [6.07, 6.45) is 7.67. The molecular formula is C24H24N4O5S. The number of amides is 2. The summed E-state index contributed by atoms with van der Waals surface area (Å²) in [5, 5.41) is 2.79. The van der Waals surface area contributed by atoms with Gasteiger partial charge < -0.3 is 24.0 Å². The SMILES string of the molecule is Cc1ccoc1C(=O)Nc1cccc(Oc2ccnc(-c3cc(C(=O)N=[SH](C)(C)O)c[nH]3)c2)c1. The predicted molar refractivity (Wildman–Crippen MR) is 132 cm³/mol. The summed E-state index contributed by atoms with van der Waals surface area (Å²) in [6, 6.07) is 13.7. The Balaban J connectivity index is 1.49. The van der Waals surface area contributed by atoms with E-state index in [9.17, 15) is 14.1 Å². The lowest BCUT2D eigenvalue weighted by Gasteiger charge is -2.09. The zero-order chi connectivity index (χ0) is 24.3. The zero-order valence-electron chi connectivity index (χ0n) is 18.8. The molecule has 10 heteroatoms. The lowest BCUT2D eigenvalue weighted by atomic mass is 10.2. The number of thiol groups is 1. The molecule has 176 valence electrons. The van der Waals surface area contributed by atoms with E-state index >= 15 is 0 Å². The average molecular weight is 481 g/mol. The molecule has 0 fully saturated rings. The number of hydrogen-bond acceptors (Lipinski definition) is 5. The number of anilines is 1. The highest BCUT2D eigenvalue weighted by atomic mass is 32.3. The molecule has 0 aliphatic heterocycles. The van der Waals surface area contributed by atoms with E-state index in [1.807, 2.05) is 0 Å². The number of aromatic nitrogens is 2. The van der Waals surface area contributed by atoms with Crippen LogP contribution in [0.5, 0.6) is 11.5 Å². The van der Waals surface area contributed by atoms with Gasteiger partial charge in [0.25, 0.3) is 11.8 Å². The number of nitrogens with one attached hydrogen (secondary N) is 2. The van der Waals surface area contributed by atoms with Crippen molar-refractivity contribution in [2.75, 3.05) is 17.8 Å². The fourth-order valence-corrected chi connectivity index (χ4v) is 3.69. The number of aromatic amines is 1. The molecule has 0 bridgehead atoms. The van der Waals surface area contributed by atoms with Crippen LogP contribution in [0.3, 0.4) is 0 Å². The van der Waals surface area contributed by atoms with Gasteiger partial charge >= 0.3 is 0 Å². The molecule has 3 aromatic heterocycles. The van der Waals surface area contributed by atoms with E-state index in [0.29, 0.717) is 34.1 Å². The highest BCUT2D eigenvalue weighted by Crippen LogP contribution is 2.27. The van der Waals surface area contributed by atoms with Gasteiger partial charge in [0.2, 0.25) is 0 Å². The Morgan fingerprint density at radius 1 is 1.15 bits per heavy atom. The smallest absolute Gasteiger partial charge is 0.291 e. The molecule has 4 rings (SSSR count). The molecule has 0 aliphatic rings. The van der Waals surface area contributed by atoms with Crippen molar-refractivity contribution in [2.45, 2.75) is 6.92 Å². The number of carbonyl (C=O) groups is 2. The van der Waals surface area contributed by atoms with Crippen LogP contribution in [0.15, 0.2) is 76.0 Å². The minimum absolute atomic E-state index is 0.256. The first kappa shape index (κ1) is 23.1. The Labute approximate surface area is 197 Å². The van der Waals surface area contributed by atoms with Gasteiger partial charge in [0.1, 0.15) is 11.5 Å². The van der Waals surface area contributed by atoms with E-state index in [-0.39, 0.29) is 11.7 Å². The van der Waals surface area contributed by atoms with Crippen LogP contribution in [0.25, 0.3) is 11.4 Å². The summed E-state index contributed by atoms with van der Waals surface area (Å²) in [6.45, 7) is 1.80. The molecule has 0 spiro atoms. The quantitative estimate of drug-likeness (QED) is 0.289. The van der Waals surface area contributed by atoms with E-state index in [4.69, 9.17) is 9.15 Å². The van der Waals surface area contributed by atoms with E-state index in [1.54, 1.807) is 74.2 Å². The normalized spacial score (nSPS) is 11.6. The van der Waals surface area contributed by atoms with E-state index in [1.165, 1.54) is 12.5 Å². The highest BCUT2D eigenvalue weighted by molar-refractivity contribution is 7.98. The number of benzene rings is 1. The maximum atomic E-state index is 12.4. The lowest BCUT2D eigenvalue weighted by molar-refractivity contribution is 0.0991. The summed E-state index contributed by atoms with van der Waals surface area (Å²) < 4.78 is 24.9. The number of rotatable bonds is 6. The van der Waals surface area contributed by atoms with Gasteiger partial charge in [-0.3, -0.25) is 14.6 Å². The minimum Gasteiger partial charge on any atom is -0.459 e. The molecule has 3 heterocycles. The molecule has 1 aromatic carbocycles. The first-order valence-corrected chi connectivity index (χ1v) is 12.9. The molecular weight excluding hydrogens is 456 g/mol. The first-order chi connectivity index (χ1) is 16.2. The molecule has 0 radical (unpaired) electrons. The molecule has 3 N–H and O–H groups in total. The van der Waals surface area contributed by atoms with Gasteiger partial charge in [-0.05, 0) is 49.8 Å². The van der Waals surface area contributed by atoms with Gasteiger partial charge in [-0.25, -0.2) is 0 Å². The van der Waals surface area contributed by atoms with Crippen molar-refractivity contribution in [1.82, 2.24) is 9.97 Å². The number of nitrogens with zero attached hydrogens (tertiary/aromatic N) is 2. The van der Waals surface area contributed by atoms with Gasteiger partial charge in [0, 0.05) is 35.8 Å². The van der Waals surface area contributed by atoms with Crippen molar-refractivity contribution in [3.8, 4) is 22.9 Å². The summed E-state index contributed by atoms with van der Waals surface area (Å²) in [5.41, 5.74) is 2.80. The number of hydrogen-bond donors (Lipinski definition) is 4. The number of H-pyrrole nitrogens is 1. The third-order valence-corrected chi connectivity index (χ3v) is 5.34. The van der Waals surface area contributed by atoms with E-state index < -0.39 is 16.0 Å². The largest absolute Gasteiger partial charge is 0.459 e. The second-order valence-electron chi connectivity index (χ2n) is 7.94. The first-order valence-electron chi connectivity index (χ1n) is 10.3. The van der Waals surface area contributed by atoms with Crippen LogP contribution in [0.4, 0.5) is 5.69 Å². The van der Waals surface area contributed by atoms with Crippen molar-refractivity contribution in [2.24, 2.45) is 4.36 Å². The van der Waals surface area contributed by atoms with Crippen LogP contribution in [-0.4, -0.2) is 38.8 Å². The minimum atomic E-state index is -2.58. The number of pyridine rings is 1. The van der Waals surface area contributed by atoms with Gasteiger partial charge in [-0.15, -0.1) is 10.1 Å². The second kappa shape index (κ2) is 9.46.